The highest BCUT2D eigenvalue weighted by Gasteiger charge is 2.58. The molecule has 0 aliphatic heterocycles. The Kier molecular flexibility index (Phi) is 4.69. The average molecular weight is 317 g/mol. The maximum atomic E-state index is 11.3. The molecule has 2 aliphatic rings. The minimum absolute atomic E-state index is 0.119. The highest BCUT2D eigenvalue weighted by atomic mass is 16.6. The van der Waals surface area contributed by atoms with Gasteiger partial charge in [-0.25, -0.2) is 0 Å². The van der Waals surface area contributed by atoms with E-state index in [1.165, 1.54) is 5.56 Å². The van der Waals surface area contributed by atoms with Crippen molar-refractivity contribution in [2.24, 2.45) is 22.2 Å². The van der Waals surface area contributed by atoms with E-state index in [9.17, 15) is 5.11 Å². The van der Waals surface area contributed by atoms with Crippen molar-refractivity contribution in [1.82, 2.24) is 4.98 Å². The molecule has 2 aliphatic carbocycles. The molecule has 3 N–H and O–H groups in total. The molecule has 1 aromatic heterocycles. The van der Waals surface area contributed by atoms with E-state index in [1.54, 1.807) is 0 Å². The maximum absolute atomic E-state index is 11.3. The van der Waals surface area contributed by atoms with Crippen LogP contribution in [-0.4, -0.2) is 35.1 Å². The Balaban J connectivity index is 1.72. The lowest BCUT2D eigenvalue weighted by atomic mass is 9.59. The second-order valence-corrected chi connectivity index (χ2v) is 7.19. The van der Waals surface area contributed by atoms with E-state index in [1.807, 2.05) is 18.6 Å². The van der Waals surface area contributed by atoms with Crippen molar-refractivity contribution in [3.8, 4) is 0 Å². The third-order valence-electron chi connectivity index (χ3n) is 6.05. The number of nitrogens with zero attached hydrogens (tertiary/aromatic N) is 2. The zero-order valence-electron chi connectivity index (χ0n) is 13.8. The van der Waals surface area contributed by atoms with Crippen LogP contribution in [0.25, 0.3) is 0 Å². The van der Waals surface area contributed by atoms with Crippen LogP contribution in [0.5, 0.6) is 0 Å². The molecule has 5 nitrogen and oxygen atoms in total. The second kappa shape index (κ2) is 6.57. The van der Waals surface area contributed by atoms with Gasteiger partial charge in [0.1, 0.15) is 6.61 Å². The molecule has 1 aromatic rings. The molecule has 23 heavy (non-hydrogen) atoms. The summed E-state index contributed by atoms with van der Waals surface area (Å²) in [5.74, 6) is 0.684. The van der Waals surface area contributed by atoms with Gasteiger partial charge in [0.05, 0.1) is 5.60 Å². The van der Waals surface area contributed by atoms with Gasteiger partial charge in [0.2, 0.25) is 0 Å². The van der Waals surface area contributed by atoms with E-state index in [-0.39, 0.29) is 11.3 Å². The summed E-state index contributed by atoms with van der Waals surface area (Å²) in [6.45, 7) is 3.12. The minimum Gasteiger partial charge on any atom is -0.395 e. The van der Waals surface area contributed by atoms with E-state index in [2.05, 4.69) is 29.2 Å². The number of rotatable bonds is 5. The fourth-order valence-electron chi connectivity index (χ4n) is 4.46. The molecule has 3 rings (SSSR count). The highest BCUT2D eigenvalue weighted by Crippen LogP contribution is 2.60. The van der Waals surface area contributed by atoms with Crippen LogP contribution in [-0.2, 0) is 4.84 Å². The topological polar surface area (TPSA) is 80.7 Å². The molecule has 0 bridgehead atoms. The summed E-state index contributed by atoms with van der Waals surface area (Å²) >= 11 is 0. The van der Waals surface area contributed by atoms with Crippen molar-refractivity contribution in [3.05, 3.63) is 30.1 Å². The molecule has 0 radical (unpaired) electrons. The number of pyridine rings is 1. The third kappa shape index (κ3) is 3.00. The van der Waals surface area contributed by atoms with E-state index >= 15 is 0 Å². The number of aromatic nitrogens is 1. The molecule has 0 spiro atoms. The first-order valence-corrected chi connectivity index (χ1v) is 8.57. The smallest absolute Gasteiger partial charge is 0.129 e. The van der Waals surface area contributed by atoms with Crippen LogP contribution in [0, 0.1) is 11.3 Å². The molecule has 5 heteroatoms. The molecular formula is C18H27N3O2. The van der Waals surface area contributed by atoms with Crippen LogP contribution in [0.15, 0.2) is 29.7 Å². The normalized spacial score (nSPS) is 37.0. The van der Waals surface area contributed by atoms with Crippen molar-refractivity contribution >= 4 is 6.21 Å². The van der Waals surface area contributed by atoms with Gasteiger partial charge in [0, 0.05) is 36.5 Å². The Labute approximate surface area is 137 Å². The average Bonchev–Trinajstić information content (AvgIpc) is 2.83. The van der Waals surface area contributed by atoms with Gasteiger partial charge in [-0.05, 0) is 55.7 Å². The summed E-state index contributed by atoms with van der Waals surface area (Å²) in [7, 11) is 0. The molecule has 0 unspecified atom stereocenters. The van der Waals surface area contributed by atoms with Crippen LogP contribution in [0.2, 0.25) is 0 Å². The maximum Gasteiger partial charge on any atom is 0.129 e. The number of aliphatic hydroxyl groups is 1. The standard InChI is InChI=1S/C18H27N3O2/c1-17-6-2-15(14-4-9-20-10-5-14)12-18(17,22)7-3-16(17)13-21-23-11-8-19/h4-5,9-10,13,15-16,22H,2-3,6-8,11-12,19H2,1H3/b21-13+/t15-,16+,17+,18-/m0/s1. The van der Waals surface area contributed by atoms with E-state index in [0.717, 1.165) is 32.1 Å². The molecule has 2 fully saturated rings. The van der Waals surface area contributed by atoms with Crippen molar-refractivity contribution < 1.29 is 9.94 Å². The number of hydrogen-bond donors (Lipinski definition) is 2. The number of nitrogens with two attached hydrogens (primary N) is 1. The van der Waals surface area contributed by atoms with Gasteiger partial charge in [0.15, 0.2) is 0 Å². The predicted octanol–water partition coefficient (Wildman–Crippen LogP) is 2.46. The molecule has 4 atom stereocenters. The zero-order valence-corrected chi connectivity index (χ0v) is 13.8. The number of fused-ring (bicyclic) bond motifs is 1. The van der Waals surface area contributed by atoms with Crippen molar-refractivity contribution in [1.29, 1.82) is 0 Å². The van der Waals surface area contributed by atoms with Crippen LogP contribution in [0.1, 0.15) is 50.5 Å². The second-order valence-electron chi connectivity index (χ2n) is 7.19. The van der Waals surface area contributed by atoms with Gasteiger partial charge in [-0.2, -0.15) is 0 Å². The largest absolute Gasteiger partial charge is 0.395 e. The summed E-state index contributed by atoms with van der Waals surface area (Å²) in [4.78, 5) is 9.24. The first-order valence-electron chi connectivity index (χ1n) is 8.57. The lowest BCUT2D eigenvalue weighted by Gasteiger charge is -2.48. The predicted molar refractivity (Wildman–Crippen MR) is 90.1 cm³/mol. The lowest BCUT2D eigenvalue weighted by Crippen LogP contribution is -2.49. The Hall–Kier alpha value is -1.46. The van der Waals surface area contributed by atoms with Crippen molar-refractivity contribution in [3.63, 3.8) is 0 Å². The van der Waals surface area contributed by atoms with Gasteiger partial charge in [-0.3, -0.25) is 4.98 Å². The summed E-state index contributed by atoms with van der Waals surface area (Å²) in [6, 6.07) is 4.15. The fourth-order valence-corrected chi connectivity index (χ4v) is 4.46. The van der Waals surface area contributed by atoms with Crippen LogP contribution < -0.4 is 5.73 Å². The first-order chi connectivity index (χ1) is 11.1. The number of oxime groups is 1. The monoisotopic (exact) mass is 317 g/mol. The summed E-state index contributed by atoms with van der Waals surface area (Å²) in [5.41, 5.74) is 5.95. The molecular weight excluding hydrogens is 290 g/mol. The van der Waals surface area contributed by atoms with Crippen molar-refractivity contribution in [2.45, 2.75) is 50.5 Å². The van der Waals surface area contributed by atoms with E-state index in [4.69, 9.17) is 10.6 Å². The Morgan fingerprint density at radius 2 is 2.17 bits per heavy atom. The Bertz CT molecular complexity index is 550. The number of hydrogen-bond acceptors (Lipinski definition) is 5. The van der Waals surface area contributed by atoms with E-state index in [0.29, 0.717) is 19.1 Å². The highest BCUT2D eigenvalue weighted by molar-refractivity contribution is 5.62. The van der Waals surface area contributed by atoms with Crippen LogP contribution in [0.3, 0.4) is 0 Å². The van der Waals surface area contributed by atoms with Crippen molar-refractivity contribution in [2.75, 3.05) is 13.2 Å². The van der Waals surface area contributed by atoms with Gasteiger partial charge in [0.25, 0.3) is 0 Å². The first kappa shape index (κ1) is 16.4. The van der Waals surface area contributed by atoms with Gasteiger partial charge >= 0.3 is 0 Å². The lowest BCUT2D eigenvalue weighted by molar-refractivity contribution is -0.0959. The quantitative estimate of drug-likeness (QED) is 0.496. The molecule has 0 saturated heterocycles. The van der Waals surface area contributed by atoms with Gasteiger partial charge < -0.3 is 15.7 Å². The fraction of sp³-hybridized carbons (Fsp3) is 0.667. The van der Waals surface area contributed by atoms with Gasteiger partial charge in [-0.1, -0.05) is 12.1 Å². The third-order valence-corrected chi connectivity index (χ3v) is 6.05. The van der Waals surface area contributed by atoms with Gasteiger partial charge in [-0.15, -0.1) is 0 Å². The summed E-state index contributed by atoms with van der Waals surface area (Å²) in [5, 5.41) is 15.4. The Morgan fingerprint density at radius 3 is 2.91 bits per heavy atom. The minimum atomic E-state index is -0.621. The molecule has 1 heterocycles. The molecule has 0 aromatic carbocycles. The molecule has 126 valence electrons. The SMILES string of the molecule is C[C@]12CC[C@H](c3ccncc3)C[C@@]1(O)CC[C@@H]2/C=N/OCCN. The summed E-state index contributed by atoms with van der Waals surface area (Å²) in [6.07, 6.45) is 10.3. The molecule has 0 amide bonds. The molecule has 2 saturated carbocycles. The van der Waals surface area contributed by atoms with Crippen LogP contribution in [0.4, 0.5) is 0 Å². The van der Waals surface area contributed by atoms with Crippen LogP contribution >= 0.6 is 0 Å². The zero-order chi connectivity index (χ0) is 16.3. The van der Waals surface area contributed by atoms with E-state index < -0.39 is 5.60 Å². The summed E-state index contributed by atoms with van der Waals surface area (Å²) < 4.78 is 0. The Morgan fingerprint density at radius 1 is 1.39 bits per heavy atom.